The van der Waals surface area contributed by atoms with E-state index in [4.69, 9.17) is 14.7 Å². The van der Waals surface area contributed by atoms with Crippen molar-refractivity contribution in [3.63, 3.8) is 0 Å². The Labute approximate surface area is 154 Å². The number of non-ortho nitro benzene ring substituents is 1. The third kappa shape index (κ3) is 4.79. The van der Waals surface area contributed by atoms with Gasteiger partial charge in [0.25, 0.3) is 11.6 Å². The second-order valence-electron chi connectivity index (χ2n) is 5.37. The second-order valence-corrected chi connectivity index (χ2v) is 5.37. The molecule has 1 atom stereocenters. The summed E-state index contributed by atoms with van der Waals surface area (Å²) in [6.07, 6.45) is -1.17. The van der Waals surface area contributed by atoms with E-state index in [1.165, 1.54) is 50.4 Å². The Balaban J connectivity index is 2.09. The Morgan fingerprint density at radius 2 is 1.89 bits per heavy atom. The van der Waals surface area contributed by atoms with E-state index >= 15 is 0 Å². The van der Waals surface area contributed by atoms with Gasteiger partial charge in [-0.25, -0.2) is 4.79 Å². The molecule has 0 heterocycles. The van der Waals surface area contributed by atoms with Crippen LogP contribution < -0.4 is 10.1 Å². The van der Waals surface area contributed by atoms with Crippen molar-refractivity contribution in [2.24, 2.45) is 0 Å². The van der Waals surface area contributed by atoms with Crippen molar-refractivity contribution in [1.29, 1.82) is 5.26 Å². The number of nitrogens with zero attached hydrogens (tertiary/aromatic N) is 2. The average Bonchev–Trinajstić information content (AvgIpc) is 2.67. The van der Waals surface area contributed by atoms with Gasteiger partial charge in [0.15, 0.2) is 6.10 Å². The van der Waals surface area contributed by atoms with E-state index in [-0.39, 0.29) is 22.7 Å². The summed E-state index contributed by atoms with van der Waals surface area (Å²) >= 11 is 0. The Hall–Kier alpha value is -3.93. The van der Waals surface area contributed by atoms with Gasteiger partial charge in [0, 0.05) is 12.1 Å². The van der Waals surface area contributed by atoms with E-state index in [0.717, 1.165) is 6.07 Å². The van der Waals surface area contributed by atoms with Crippen LogP contribution in [0, 0.1) is 21.4 Å². The summed E-state index contributed by atoms with van der Waals surface area (Å²) in [4.78, 5) is 34.6. The lowest BCUT2D eigenvalue weighted by Gasteiger charge is -2.15. The molecule has 0 saturated heterocycles. The maximum Gasteiger partial charge on any atom is 0.338 e. The van der Waals surface area contributed by atoms with Gasteiger partial charge < -0.3 is 14.8 Å². The summed E-state index contributed by atoms with van der Waals surface area (Å²) in [6.45, 7) is 1.36. The number of ether oxygens (including phenoxy) is 2. The number of esters is 1. The van der Waals surface area contributed by atoms with E-state index < -0.39 is 22.9 Å². The lowest BCUT2D eigenvalue weighted by molar-refractivity contribution is -0.384. The molecule has 0 aliphatic rings. The lowest BCUT2D eigenvalue weighted by atomic mass is 10.1. The number of hydrogen-bond acceptors (Lipinski definition) is 7. The number of nitro groups is 1. The third-order valence-electron chi connectivity index (χ3n) is 3.55. The number of anilines is 1. The van der Waals surface area contributed by atoms with Crippen LogP contribution in [-0.2, 0) is 9.53 Å². The molecule has 0 saturated carbocycles. The standard InChI is InChI=1S/C18H15N3O6/c1-11(27-18(23)13-5-3-12(10-19)4-6-13)17(22)20-15-9-14(21(24)25)7-8-16(15)26-2/h3-9,11H,1-2H3,(H,20,22)/t11-/m1/s1. The third-order valence-corrected chi connectivity index (χ3v) is 3.55. The molecule has 0 aliphatic carbocycles. The topological polar surface area (TPSA) is 132 Å². The molecule has 2 rings (SSSR count). The molecule has 1 amide bonds. The molecule has 9 heteroatoms. The molecular weight excluding hydrogens is 354 g/mol. The highest BCUT2D eigenvalue weighted by Gasteiger charge is 2.21. The molecule has 0 bridgehead atoms. The number of nitro benzene ring substituents is 1. The molecule has 27 heavy (non-hydrogen) atoms. The number of hydrogen-bond donors (Lipinski definition) is 1. The minimum Gasteiger partial charge on any atom is -0.495 e. The van der Waals surface area contributed by atoms with Crippen molar-refractivity contribution >= 4 is 23.3 Å². The molecule has 138 valence electrons. The van der Waals surface area contributed by atoms with E-state index in [0.29, 0.717) is 5.56 Å². The molecule has 1 N–H and O–H groups in total. The fourth-order valence-corrected chi connectivity index (χ4v) is 2.10. The number of nitriles is 1. The van der Waals surface area contributed by atoms with Gasteiger partial charge in [-0.15, -0.1) is 0 Å². The van der Waals surface area contributed by atoms with Crippen LogP contribution in [0.25, 0.3) is 0 Å². The molecule has 0 aliphatic heterocycles. The van der Waals surface area contributed by atoms with Crippen molar-refractivity contribution in [3.8, 4) is 11.8 Å². The molecule has 2 aromatic rings. The maximum absolute atomic E-state index is 12.3. The Kier molecular flexibility index (Phi) is 6.06. The van der Waals surface area contributed by atoms with Crippen LogP contribution >= 0.6 is 0 Å². The Morgan fingerprint density at radius 1 is 1.22 bits per heavy atom. The second kappa shape index (κ2) is 8.44. The van der Waals surface area contributed by atoms with E-state index in [1.54, 1.807) is 0 Å². The monoisotopic (exact) mass is 369 g/mol. The number of methoxy groups -OCH3 is 1. The predicted molar refractivity (Wildman–Crippen MR) is 94.3 cm³/mol. The van der Waals surface area contributed by atoms with Gasteiger partial charge in [-0.05, 0) is 37.3 Å². The largest absolute Gasteiger partial charge is 0.495 e. The molecule has 0 unspecified atom stereocenters. The number of rotatable bonds is 6. The fraction of sp³-hybridized carbons (Fsp3) is 0.167. The summed E-state index contributed by atoms with van der Waals surface area (Å²) < 4.78 is 10.1. The summed E-state index contributed by atoms with van der Waals surface area (Å²) in [5.74, 6) is -1.21. The normalized spacial score (nSPS) is 11.0. The van der Waals surface area contributed by atoms with E-state index in [2.05, 4.69) is 5.32 Å². The summed E-state index contributed by atoms with van der Waals surface area (Å²) in [7, 11) is 1.35. The van der Waals surface area contributed by atoms with Gasteiger partial charge in [-0.1, -0.05) is 0 Å². The van der Waals surface area contributed by atoms with Gasteiger partial charge in [0.2, 0.25) is 0 Å². The molecular formula is C18H15N3O6. The maximum atomic E-state index is 12.3. The van der Waals surface area contributed by atoms with Crippen LogP contribution in [0.3, 0.4) is 0 Å². The van der Waals surface area contributed by atoms with Crippen LogP contribution in [-0.4, -0.2) is 30.0 Å². The Bertz CT molecular complexity index is 918. The van der Waals surface area contributed by atoms with Gasteiger partial charge in [0.1, 0.15) is 5.75 Å². The van der Waals surface area contributed by atoms with Crippen molar-refractivity contribution in [2.45, 2.75) is 13.0 Å². The average molecular weight is 369 g/mol. The van der Waals surface area contributed by atoms with Gasteiger partial charge in [-0.3, -0.25) is 14.9 Å². The molecule has 9 nitrogen and oxygen atoms in total. The minimum absolute atomic E-state index is 0.0815. The van der Waals surface area contributed by atoms with Crippen molar-refractivity contribution in [3.05, 3.63) is 63.7 Å². The number of nitrogens with one attached hydrogen (secondary N) is 1. The first-order valence-corrected chi connectivity index (χ1v) is 7.70. The zero-order valence-electron chi connectivity index (χ0n) is 14.5. The Morgan fingerprint density at radius 3 is 2.44 bits per heavy atom. The highest BCUT2D eigenvalue weighted by Crippen LogP contribution is 2.29. The first kappa shape index (κ1) is 19.4. The highest BCUT2D eigenvalue weighted by atomic mass is 16.6. The van der Waals surface area contributed by atoms with Crippen molar-refractivity contribution < 1.29 is 24.0 Å². The highest BCUT2D eigenvalue weighted by molar-refractivity contribution is 5.98. The van der Waals surface area contributed by atoms with Crippen molar-refractivity contribution in [2.75, 3.05) is 12.4 Å². The number of carbonyl (C=O) groups is 2. The molecule has 0 aromatic heterocycles. The van der Waals surface area contributed by atoms with Crippen LogP contribution in [0.1, 0.15) is 22.8 Å². The van der Waals surface area contributed by atoms with E-state index in [9.17, 15) is 19.7 Å². The molecule has 0 radical (unpaired) electrons. The molecule has 0 fully saturated rings. The summed E-state index contributed by atoms with van der Waals surface area (Å²) in [6, 6.07) is 11.4. The van der Waals surface area contributed by atoms with Gasteiger partial charge in [-0.2, -0.15) is 5.26 Å². The predicted octanol–water partition coefficient (Wildman–Crippen LogP) is 2.66. The van der Waals surface area contributed by atoms with Gasteiger partial charge >= 0.3 is 5.97 Å². The minimum atomic E-state index is -1.17. The summed E-state index contributed by atoms with van der Waals surface area (Å²) in [5, 5.41) is 22.1. The fourth-order valence-electron chi connectivity index (χ4n) is 2.10. The number of carbonyl (C=O) groups excluding carboxylic acids is 2. The zero-order valence-corrected chi connectivity index (χ0v) is 14.5. The first-order valence-electron chi connectivity index (χ1n) is 7.70. The van der Waals surface area contributed by atoms with Crippen LogP contribution in [0.4, 0.5) is 11.4 Å². The smallest absolute Gasteiger partial charge is 0.338 e. The summed E-state index contributed by atoms with van der Waals surface area (Å²) in [5.41, 5.74) is 0.419. The van der Waals surface area contributed by atoms with Gasteiger partial charge in [0.05, 0.1) is 34.9 Å². The van der Waals surface area contributed by atoms with Crippen LogP contribution in [0.15, 0.2) is 42.5 Å². The SMILES string of the molecule is COc1ccc([N+](=O)[O-])cc1NC(=O)[C@@H](C)OC(=O)c1ccc(C#N)cc1. The van der Waals surface area contributed by atoms with Crippen LogP contribution in [0.5, 0.6) is 5.75 Å². The molecule has 2 aromatic carbocycles. The zero-order chi connectivity index (χ0) is 20.0. The van der Waals surface area contributed by atoms with E-state index in [1.807, 2.05) is 6.07 Å². The number of amides is 1. The number of benzene rings is 2. The molecule has 0 spiro atoms. The van der Waals surface area contributed by atoms with Crippen molar-refractivity contribution in [1.82, 2.24) is 0 Å². The first-order chi connectivity index (χ1) is 12.8. The van der Waals surface area contributed by atoms with Crippen LogP contribution in [0.2, 0.25) is 0 Å². The quantitative estimate of drug-likeness (QED) is 0.470. The lowest BCUT2D eigenvalue weighted by Crippen LogP contribution is -2.30.